The molecule has 20 heavy (non-hydrogen) atoms. The van der Waals surface area contributed by atoms with E-state index in [1.807, 2.05) is 37.3 Å². The van der Waals surface area contributed by atoms with Gasteiger partial charge in [-0.15, -0.1) is 0 Å². The Morgan fingerprint density at radius 3 is 2.65 bits per heavy atom. The van der Waals surface area contributed by atoms with Crippen LogP contribution in [0.1, 0.15) is 13.3 Å². The zero-order valence-corrected chi connectivity index (χ0v) is 11.8. The Balaban J connectivity index is 2.00. The van der Waals surface area contributed by atoms with Crippen LogP contribution >= 0.6 is 0 Å². The molecule has 5 nitrogen and oxygen atoms in total. The molecule has 0 radical (unpaired) electrons. The van der Waals surface area contributed by atoms with Gasteiger partial charge in [-0.25, -0.2) is 0 Å². The van der Waals surface area contributed by atoms with E-state index in [-0.39, 0.29) is 5.78 Å². The summed E-state index contributed by atoms with van der Waals surface area (Å²) in [7, 11) is 0. The van der Waals surface area contributed by atoms with Crippen molar-refractivity contribution in [2.75, 3.05) is 38.3 Å². The Morgan fingerprint density at radius 1 is 1.30 bits per heavy atom. The van der Waals surface area contributed by atoms with Gasteiger partial charge in [-0.3, -0.25) is 15.1 Å². The molecule has 1 aliphatic rings. The van der Waals surface area contributed by atoms with Gasteiger partial charge < -0.3 is 4.74 Å². The molecule has 0 amide bonds. The number of benzene rings is 1. The van der Waals surface area contributed by atoms with E-state index in [1.54, 1.807) is 0 Å². The maximum atomic E-state index is 12.0. The molecule has 0 aliphatic carbocycles. The number of hydrazone groups is 1. The summed E-state index contributed by atoms with van der Waals surface area (Å²) in [4.78, 5) is 14.2. The molecule has 0 spiro atoms. The summed E-state index contributed by atoms with van der Waals surface area (Å²) in [5.41, 5.74) is 4.43. The number of Topliss-reactive ketones (excluding diaryl/α,β-unsaturated/α-hetero) is 1. The Labute approximate surface area is 119 Å². The van der Waals surface area contributed by atoms with Gasteiger partial charge in [0.05, 0.1) is 18.9 Å². The average molecular weight is 275 g/mol. The number of carbonyl (C=O) groups excluding carboxylic acids is 1. The fraction of sp³-hybridized carbons (Fsp3) is 0.467. The van der Waals surface area contributed by atoms with Gasteiger partial charge in [0.2, 0.25) is 0 Å². The molecule has 1 aromatic carbocycles. The molecule has 1 aromatic rings. The van der Waals surface area contributed by atoms with Gasteiger partial charge in [-0.2, -0.15) is 5.10 Å². The number of para-hydroxylation sites is 1. The lowest BCUT2D eigenvalue weighted by molar-refractivity contribution is -0.112. The molecule has 5 heteroatoms. The van der Waals surface area contributed by atoms with Crippen molar-refractivity contribution < 1.29 is 9.53 Å². The molecular formula is C15H21N3O2. The van der Waals surface area contributed by atoms with E-state index in [2.05, 4.69) is 15.4 Å². The fourth-order valence-electron chi connectivity index (χ4n) is 2.01. The van der Waals surface area contributed by atoms with Crippen LogP contribution in [0.4, 0.5) is 5.69 Å². The predicted octanol–water partition coefficient (Wildman–Crippen LogP) is 1.77. The standard InChI is InChI=1S/C15H21N3O2/c1-2-15(19)14(12-18-8-10-20-11-9-18)17-16-13-6-4-3-5-7-13/h3-7,16H,2,8-12H2,1H3/b17-14-. The molecule has 1 N–H and O–H groups in total. The first-order chi connectivity index (χ1) is 9.79. The number of carbonyl (C=O) groups is 1. The molecule has 1 aliphatic heterocycles. The third kappa shape index (κ3) is 4.43. The van der Waals surface area contributed by atoms with Gasteiger partial charge in [0.1, 0.15) is 5.71 Å². The smallest absolute Gasteiger partial charge is 0.179 e. The van der Waals surface area contributed by atoms with Crippen LogP contribution in [0.25, 0.3) is 0 Å². The highest BCUT2D eigenvalue weighted by molar-refractivity contribution is 6.40. The molecule has 0 atom stereocenters. The molecule has 1 saturated heterocycles. The average Bonchev–Trinajstić information content (AvgIpc) is 2.52. The SMILES string of the molecule is CCC(=O)/C(CN1CCOCC1)=N\Nc1ccccc1. The van der Waals surface area contributed by atoms with Gasteiger partial charge in [-0.1, -0.05) is 25.1 Å². The van der Waals surface area contributed by atoms with Gasteiger partial charge in [0, 0.05) is 26.1 Å². The number of hydrogen-bond donors (Lipinski definition) is 1. The van der Waals surface area contributed by atoms with E-state index < -0.39 is 0 Å². The minimum Gasteiger partial charge on any atom is -0.379 e. The largest absolute Gasteiger partial charge is 0.379 e. The van der Waals surface area contributed by atoms with E-state index in [0.29, 0.717) is 18.7 Å². The van der Waals surface area contributed by atoms with Crippen LogP contribution in [-0.4, -0.2) is 49.2 Å². The molecule has 2 rings (SSSR count). The number of rotatable bonds is 6. The number of ether oxygens (including phenoxy) is 1. The number of ketones is 1. The molecule has 1 fully saturated rings. The third-order valence-electron chi connectivity index (χ3n) is 3.21. The van der Waals surface area contributed by atoms with Crippen LogP contribution < -0.4 is 5.43 Å². The van der Waals surface area contributed by atoms with Crippen molar-refractivity contribution in [3.8, 4) is 0 Å². The van der Waals surface area contributed by atoms with Crippen LogP contribution in [0.2, 0.25) is 0 Å². The first kappa shape index (κ1) is 14.7. The quantitative estimate of drug-likeness (QED) is 0.635. The second kappa shape index (κ2) is 7.77. The second-order valence-corrected chi connectivity index (χ2v) is 4.70. The lowest BCUT2D eigenvalue weighted by Crippen LogP contribution is -2.41. The third-order valence-corrected chi connectivity index (χ3v) is 3.21. The highest BCUT2D eigenvalue weighted by Gasteiger charge is 2.17. The number of morpholine rings is 1. The lowest BCUT2D eigenvalue weighted by atomic mass is 10.2. The summed E-state index contributed by atoms with van der Waals surface area (Å²) >= 11 is 0. The normalized spacial score (nSPS) is 16.9. The zero-order chi connectivity index (χ0) is 14.2. The number of hydrogen-bond acceptors (Lipinski definition) is 5. The second-order valence-electron chi connectivity index (χ2n) is 4.70. The summed E-state index contributed by atoms with van der Waals surface area (Å²) in [6, 6.07) is 9.65. The van der Waals surface area contributed by atoms with Crippen molar-refractivity contribution in [2.45, 2.75) is 13.3 Å². The molecule has 0 saturated carbocycles. The van der Waals surface area contributed by atoms with E-state index in [1.165, 1.54) is 0 Å². The molecule has 0 unspecified atom stereocenters. The maximum absolute atomic E-state index is 12.0. The van der Waals surface area contributed by atoms with Crippen molar-refractivity contribution >= 4 is 17.2 Å². The summed E-state index contributed by atoms with van der Waals surface area (Å²) < 4.78 is 5.32. The summed E-state index contributed by atoms with van der Waals surface area (Å²) in [6.45, 7) is 5.58. The summed E-state index contributed by atoms with van der Waals surface area (Å²) in [5, 5.41) is 4.29. The van der Waals surface area contributed by atoms with E-state index in [9.17, 15) is 4.79 Å². The van der Waals surface area contributed by atoms with Crippen molar-refractivity contribution in [2.24, 2.45) is 5.10 Å². The van der Waals surface area contributed by atoms with Crippen LogP contribution in [0.3, 0.4) is 0 Å². The van der Waals surface area contributed by atoms with E-state index >= 15 is 0 Å². The lowest BCUT2D eigenvalue weighted by Gasteiger charge is -2.26. The minimum atomic E-state index is 0.0833. The molecule has 0 bridgehead atoms. The topological polar surface area (TPSA) is 53.9 Å². The number of nitrogens with one attached hydrogen (secondary N) is 1. The highest BCUT2D eigenvalue weighted by atomic mass is 16.5. The Bertz CT molecular complexity index is 453. The van der Waals surface area contributed by atoms with E-state index in [0.717, 1.165) is 32.0 Å². The Hall–Kier alpha value is -1.72. The van der Waals surface area contributed by atoms with Gasteiger partial charge in [0.15, 0.2) is 5.78 Å². The molecular weight excluding hydrogens is 254 g/mol. The van der Waals surface area contributed by atoms with Crippen LogP contribution in [0, 0.1) is 0 Å². The van der Waals surface area contributed by atoms with Crippen LogP contribution in [0.5, 0.6) is 0 Å². The van der Waals surface area contributed by atoms with Gasteiger partial charge >= 0.3 is 0 Å². The summed E-state index contributed by atoms with van der Waals surface area (Å²) in [5.74, 6) is 0.0833. The first-order valence-electron chi connectivity index (χ1n) is 7.00. The molecule has 1 heterocycles. The van der Waals surface area contributed by atoms with Crippen molar-refractivity contribution in [1.29, 1.82) is 0 Å². The maximum Gasteiger partial charge on any atom is 0.179 e. The molecule has 108 valence electrons. The van der Waals surface area contributed by atoms with Crippen molar-refractivity contribution in [3.05, 3.63) is 30.3 Å². The Morgan fingerprint density at radius 2 is 2.00 bits per heavy atom. The zero-order valence-electron chi connectivity index (χ0n) is 11.8. The number of anilines is 1. The molecule has 0 aromatic heterocycles. The first-order valence-corrected chi connectivity index (χ1v) is 7.00. The van der Waals surface area contributed by atoms with Crippen molar-refractivity contribution in [3.63, 3.8) is 0 Å². The number of nitrogens with zero attached hydrogens (tertiary/aromatic N) is 2. The fourth-order valence-corrected chi connectivity index (χ4v) is 2.01. The van der Waals surface area contributed by atoms with Gasteiger partial charge in [-0.05, 0) is 12.1 Å². The predicted molar refractivity (Wildman–Crippen MR) is 80.1 cm³/mol. The van der Waals surface area contributed by atoms with Crippen LogP contribution in [-0.2, 0) is 9.53 Å². The van der Waals surface area contributed by atoms with Gasteiger partial charge in [0.25, 0.3) is 0 Å². The summed E-state index contributed by atoms with van der Waals surface area (Å²) in [6.07, 6.45) is 0.472. The minimum absolute atomic E-state index is 0.0833. The monoisotopic (exact) mass is 275 g/mol. The van der Waals surface area contributed by atoms with E-state index in [4.69, 9.17) is 4.74 Å². The van der Waals surface area contributed by atoms with Crippen LogP contribution in [0.15, 0.2) is 35.4 Å². The Kier molecular flexibility index (Phi) is 5.70. The van der Waals surface area contributed by atoms with Crippen molar-refractivity contribution in [1.82, 2.24) is 4.90 Å². The highest BCUT2D eigenvalue weighted by Crippen LogP contribution is 2.06.